The molecule has 0 atom stereocenters. The first-order chi connectivity index (χ1) is 15.6. The van der Waals surface area contributed by atoms with Gasteiger partial charge in [-0.2, -0.15) is 0 Å². The SMILES string of the molecule is Cc1ccc(C)c(NC(=O)c2ccc(OC(=O)COc3cc(C)c(Br)cc3C(C)C)cc2)c1. The second-order valence-corrected chi connectivity index (χ2v) is 9.21. The number of ether oxygens (including phenoxy) is 2. The summed E-state index contributed by atoms with van der Waals surface area (Å²) in [6, 6.07) is 16.3. The van der Waals surface area contributed by atoms with Gasteiger partial charge in [0.05, 0.1) is 0 Å². The maximum absolute atomic E-state index is 12.6. The molecule has 0 unspecified atom stereocenters. The Morgan fingerprint density at radius 2 is 1.64 bits per heavy atom. The van der Waals surface area contributed by atoms with Crippen molar-refractivity contribution in [2.75, 3.05) is 11.9 Å². The van der Waals surface area contributed by atoms with E-state index in [0.29, 0.717) is 17.1 Å². The number of rotatable bonds is 7. The van der Waals surface area contributed by atoms with Gasteiger partial charge in [0.2, 0.25) is 0 Å². The molecule has 0 bridgehead atoms. The molecule has 5 nitrogen and oxygen atoms in total. The van der Waals surface area contributed by atoms with Gasteiger partial charge in [-0.25, -0.2) is 4.79 Å². The standard InChI is InChI=1S/C27H28BrNO4/c1-16(2)22-14-23(28)19(5)13-25(22)32-15-26(30)33-21-10-8-20(9-11-21)27(31)29-24-12-17(3)6-7-18(24)4/h6-14,16H,15H2,1-5H3,(H,29,31). The molecule has 6 heteroatoms. The van der Waals surface area contributed by atoms with E-state index in [1.165, 1.54) is 0 Å². The Balaban J connectivity index is 1.60. The average molecular weight is 510 g/mol. The largest absolute Gasteiger partial charge is 0.482 e. The van der Waals surface area contributed by atoms with Gasteiger partial charge >= 0.3 is 5.97 Å². The van der Waals surface area contributed by atoms with E-state index >= 15 is 0 Å². The predicted octanol–water partition coefficient (Wildman–Crippen LogP) is 6.73. The van der Waals surface area contributed by atoms with Gasteiger partial charge < -0.3 is 14.8 Å². The summed E-state index contributed by atoms with van der Waals surface area (Å²) in [6.07, 6.45) is 0. The summed E-state index contributed by atoms with van der Waals surface area (Å²) < 4.78 is 12.1. The number of aryl methyl sites for hydroxylation is 3. The second kappa shape index (κ2) is 10.7. The molecule has 0 saturated heterocycles. The summed E-state index contributed by atoms with van der Waals surface area (Å²) in [6.45, 7) is 9.82. The van der Waals surface area contributed by atoms with E-state index in [1.54, 1.807) is 24.3 Å². The number of carbonyl (C=O) groups excluding carboxylic acids is 2. The van der Waals surface area contributed by atoms with E-state index < -0.39 is 5.97 Å². The third kappa shape index (κ3) is 6.45. The van der Waals surface area contributed by atoms with Gasteiger partial charge in [-0.3, -0.25) is 4.79 Å². The Kier molecular flexibility index (Phi) is 7.92. The zero-order valence-corrected chi connectivity index (χ0v) is 21.1. The first-order valence-electron chi connectivity index (χ1n) is 10.8. The zero-order chi connectivity index (χ0) is 24.1. The van der Waals surface area contributed by atoms with E-state index in [1.807, 2.05) is 51.1 Å². The van der Waals surface area contributed by atoms with Crippen LogP contribution in [0.15, 0.2) is 59.1 Å². The lowest BCUT2D eigenvalue weighted by atomic mass is 10.0. The minimum Gasteiger partial charge on any atom is -0.482 e. The molecule has 0 saturated carbocycles. The van der Waals surface area contributed by atoms with Crippen LogP contribution in [0.3, 0.4) is 0 Å². The van der Waals surface area contributed by atoms with Gasteiger partial charge in [-0.05, 0) is 91.4 Å². The van der Waals surface area contributed by atoms with Gasteiger partial charge in [-0.15, -0.1) is 0 Å². The third-order valence-corrected chi connectivity index (χ3v) is 6.10. The number of amides is 1. The van der Waals surface area contributed by atoms with Crippen LogP contribution in [0.5, 0.6) is 11.5 Å². The van der Waals surface area contributed by atoms with Crippen LogP contribution in [0.4, 0.5) is 5.69 Å². The van der Waals surface area contributed by atoms with Gasteiger partial charge in [0.25, 0.3) is 5.91 Å². The number of halogens is 1. The molecule has 0 aliphatic heterocycles. The van der Waals surface area contributed by atoms with Crippen LogP contribution in [0, 0.1) is 20.8 Å². The van der Waals surface area contributed by atoms with E-state index in [9.17, 15) is 9.59 Å². The number of hydrogen-bond donors (Lipinski definition) is 1. The van der Waals surface area contributed by atoms with E-state index in [2.05, 4.69) is 35.1 Å². The Morgan fingerprint density at radius 3 is 2.30 bits per heavy atom. The monoisotopic (exact) mass is 509 g/mol. The van der Waals surface area contributed by atoms with Crippen molar-refractivity contribution < 1.29 is 19.1 Å². The van der Waals surface area contributed by atoms with Gasteiger partial charge in [-0.1, -0.05) is 41.9 Å². The molecule has 0 aliphatic rings. The number of hydrogen-bond acceptors (Lipinski definition) is 4. The Bertz CT molecular complexity index is 1170. The highest BCUT2D eigenvalue weighted by Gasteiger charge is 2.14. The normalized spacial score (nSPS) is 10.8. The van der Waals surface area contributed by atoms with Crippen molar-refractivity contribution in [1.82, 2.24) is 0 Å². The maximum atomic E-state index is 12.6. The molecule has 3 rings (SSSR count). The zero-order valence-electron chi connectivity index (χ0n) is 19.5. The lowest BCUT2D eigenvalue weighted by Gasteiger charge is -2.15. The first-order valence-corrected chi connectivity index (χ1v) is 11.6. The van der Waals surface area contributed by atoms with Crippen LogP contribution in [-0.2, 0) is 4.79 Å². The molecule has 1 N–H and O–H groups in total. The molecule has 3 aromatic rings. The van der Waals surface area contributed by atoms with Crippen molar-refractivity contribution in [3.05, 3.63) is 86.9 Å². The van der Waals surface area contributed by atoms with Crippen molar-refractivity contribution in [1.29, 1.82) is 0 Å². The number of nitrogens with one attached hydrogen (secondary N) is 1. The van der Waals surface area contributed by atoms with Crippen LogP contribution in [0.2, 0.25) is 0 Å². The van der Waals surface area contributed by atoms with E-state index in [4.69, 9.17) is 9.47 Å². The highest BCUT2D eigenvalue weighted by Crippen LogP contribution is 2.32. The van der Waals surface area contributed by atoms with Gasteiger partial charge in [0.15, 0.2) is 6.61 Å². The second-order valence-electron chi connectivity index (χ2n) is 8.35. The average Bonchev–Trinajstić information content (AvgIpc) is 2.77. The number of anilines is 1. The molecule has 0 radical (unpaired) electrons. The van der Waals surface area contributed by atoms with Crippen LogP contribution < -0.4 is 14.8 Å². The van der Waals surface area contributed by atoms with E-state index in [0.717, 1.165) is 32.4 Å². The molecule has 0 aliphatic carbocycles. The van der Waals surface area contributed by atoms with Crippen molar-refractivity contribution in [2.24, 2.45) is 0 Å². The van der Waals surface area contributed by atoms with Crippen LogP contribution in [0.25, 0.3) is 0 Å². The summed E-state index contributed by atoms with van der Waals surface area (Å²) in [5.74, 6) is 0.522. The van der Waals surface area contributed by atoms with Gasteiger partial charge in [0.1, 0.15) is 11.5 Å². The molecule has 1 amide bonds. The summed E-state index contributed by atoms with van der Waals surface area (Å²) >= 11 is 3.54. The van der Waals surface area contributed by atoms with Crippen molar-refractivity contribution in [3.8, 4) is 11.5 Å². The fraction of sp³-hybridized carbons (Fsp3) is 0.259. The van der Waals surface area contributed by atoms with E-state index in [-0.39, 0.29) is 18.4 Å². The lowest BCUT2D eigenvalue weighted by molar-refractivity contribution is -0.136. The smallest absolute Gasteiger partial charge is 0.349 e. The third-order valence-electron chi connectivity index (χ3n) is 5.25. The van der Waals surface area contributed by atoms with Crippen molar-refractivity contribution in [2.45, 2.75) is 40.5 Å². The fourth-order valence-electron chi connectivity index (χ4n) is 3.28. The van der Waals surface area contributed by atoms with Crippen LogP contribution in [-0.4, -0.2) is 18.5 Å². The number of esters is 1. The first kappa shape index (κ1) is 24.5. The van der Waals surface area contributed by atoms with Crippen LogP contribution >= 0.6 is 15.9 Å². The topological polar surface area (TPSA) is 64.6 Å². The summed E-state index contributed by atoms with van der Waals surface area (Å²) in [5, 5.41) is 2.92. The number of benzene rings is 3. The lowest BCUT2D eigenvalue weighted by Crippen LogP contribution is -2.18. The highest BCUT2D eigenvalue weighted by atomic mass is 79.9. The minimum atomic E-state index is -0.516. The molecule has 3 aromatic carbocycles. The molecule has 0 spiro atoms. The Morgan fingerprint density at radius 1 is 0.939 bits per heavy atom. The van der Waals surface area contributed by atoms with Crippen molar-refractivity contribution >= 4 is 33.5 Å². The highest BCUT2D eigenvalue weighted by molar-refractivity contribution is 9.10. The summed E-state index contributed by atoms with van der Waals surface area (Å²) in [5.41, 5.74) is 5.34. The molecule has 172 valence electrons. The van der Waals surface area contributed by atoms with Crippen molar-refractivity contribution in [3.63, 3.8) is 0 Å². The maximum Gasteiger partial charge on any atom is 0.349 e. The predicted molar refractivity (Wildman–Crippen MR) is 134 cm³/mol. The molecule has 0 aromatic heterocycles. The quantitative estimate of drug-likeness (QED) is 0.283. The number of carbonyl (C=O) groups is 2. The minimum absolute atomic E-state index is 0.213. The summed E-state index contributed by atoms with van der Waals surface area (Å²) in [7, 11) is 0. The molecule has 0 fully saturated rings. The Labute approximate surface area is 203 Å². The molecular weight excluding hydrogens is 482 g/mol. The fourth-order valence-corrected chi connectivity index (χ4v) is 3.64. The Hall–Kier alpha value is -3.12. The van der Waals surface area contributed by atoms with Crippen LogP contribution in [0.1, 0.15) is 52.4 Å². The molecular formula is C27H28BrNO4. The van der Waals surface area contributed by atoms with Gasteiger partial charge in [0, 0.05) is 15.7 Å². The molecule has 0 heterocycles. The molecule has 33 heavy (non-hydrogen) atoms. The summed E-state index contributed by atoms with van der Waals surface area (Å²) in [4.78, 5) is 24.9.